The Balaban J connectivity index is 1.56. The molecule has 1 aliphatic heterocycles. The summed E-state index contributed by atoms with van der Waals surface area (Å²) in [6.45, 7) is 0.711. The molecule has 120 valence electrons. The molecule has 0 N–H and O–H groups in total. The molecule has 0 spiro atoms. The zero-order valence-corrected chi connectivity index (χ0v) is 12.9. The van der Waals surface area contributed by atoms with Gasteiger partial charge in [-0.1, -0.05) is 24.3 Å². The molecular formula is C18H18FNO3. The molecule has 4 nitrogen and oxygen atoms in total. The summed E-state index contributed by atoms with van der Waals surface area (Å²) in [5.74, 6) is 1.14. The van der Waals surface area contributed by atoms with E-state index in [0.717, 1.165) is 11.3 Å². The molecule has 0 fully saturated rings. The van der Waals surface area contributed by atoms with Crippen LogP contribution in [0.15, 0.2) is 42.5 Å². The Labute approximate surface area is 134 Å². The van der Waals surface area contributed by atoms with Crippen molar-refractivity contribution < 1.29 is 18.7 Å². The first-order chi connectivity index (χ1) is 11.1. The number of fused-ring (bicyclic) bond motifs is 1. The molecule has 0 atom stereocenters. The molecule has 5 heteroatoms. The third-order valence-electron chi connectivity index (χ3n) is 3.85. The largest absolute Gasteiger partial charge is 0.454 e. The summed E-state index contributed by atoms with van der Waals surface area (Å²) in [5.41, 5.74) is 1.54. The van der Waals surface area contributed by atoms with Crippen LogP contribution in [0.2, 0.25) is 0 Å². The molecule has 23 heavy (non-hydrogen) atoms. The number of aryl methyl sites for hydroxylation is 1. The first kappa shape index (κ1) is 15.3. The van der Waals surface area contributed by atoms with Gasteiger partial charge in [0, 0.05) is 20.0 Å². The molecule has 0 bridgehead atoms. The maximum atomic E-state index is 13.6. The molecule has 0 unspecified atom stereocenters. The highest BCUT2D eigenvalue weighted by molar-refractivity contribution is 5.76. The highest BCUT2D eigenvalue weighted by Crippen LogP contribution is 2.32. The number of nitrogens with zero attached hydrogens (tertiary/aromatic N) is 1. The van der Waals surface area contributed by atoms with Crippen molar-refractivity contribution in [3.8, 4) is 11.5 Å². The number of hydrogen-bond donors (Lipinski definition) is 0. The van der Waals surface area contributed by atoms with Gasteiger partial charge >= 0.3 is 0 Å². The molecule has 0 aliphatic carbocycles. The molecule has 0 radical (unpaired) electrons. The molecule has 1 heterocycles. The fourth-order valence-corrected chi connectivity index (χ4v) is 2.53. The summed E-state index contributed by atoms with van der Waals surface area (Å²) in [6, 6.07) is 12.2. The number of hydrogen-bond acceptors (Lipinski definition) is 3. The van der Waals surface area contributed by atoms with Crippen molar-refractivity contribution in [2.45, 2.75) is 19.4 Å². The molecule has 2 aromatic rings. The van der Waals surface area contributed by atoms with Crippen LogP contribution < -0.4 is 9.47 Å². The Bertz CT molecular complexity index is 717. The predicted octanol–water partition coefficient (Wildman–Crippen LogP) is 3.15. The van der Waals surface area contributed by atoms with E-state index in [-0.39, 0.29) is 24.9 Å². The van der Waals surface area contributed by atoms with Crippen LogP contribution in [0.25, 0.3) is 0 Å². The second kappa shape index (κ2) is 6.69. The highest BCUT2D eigenvalue weighted by atomic mass is 19.1. The maximum Gasteiger partial charge on any atom is 0.231 e. The Morgan fingerprint density at radius 1 is 1.17 bits per heavy atom. The van der Waals surface area contributed by atoms with Gasteiger partial charge in [-0.05, 0) is 35.7 Å². The third-order valence-corrected chi connectivity index (χ3v) is 3.85. The third kappa shape index (κ3) is 3.62. The lowest BCUT2D eigenvalue weighted by Gasteiger charge is -2.17. The van der Waals surface area contributed by atoms with E-state index in [4.69, 9.17) is 9.47 Å². The number of ether oxygens (including phenoxy) is 2. The van der Waals surface area contributed by atoms with Crippen LogP contribution in [0.3, 0.4) is 0 Å². The molecule has 1 amide bonds. The van der Waals surface area contributed by atoms with Gasteiger partial charge in [0.05, 0.1) is 0 Å². The minimum absolute atomic E-state index is 0.0223. The van der Waals surface area contributed by atoms with E-state index in [1.807, 2.05) is 18.2 Å². The zero-order valence-electron chi connectivity index (χ0n) is 12.9. The van der Waals surface area contributed by atoms with Crippen molar-refractivity contribution in [1.29, 1.82) is 0 Å². The van der Waals surface area contributed by atoms with E-state index < -0.39 is 0 Å². The summed E-state index contributed by atoms with van der Waals surface area (Å²) in [5, 5.41) is 0. The molecule has 2 aromatic carbocycles. The lowest BCUT2D eigenvalue weighted by atomic mass is 10.1. The topological polar surface area (TPSA) is 38.8 Å². The zero-order chi connectivity index (χ0) is 16.2. The van der Waals surface area contributed by atoms with Crippen LogP contribution >= 0.6 is 0 Å². The molecule has 0 saturated carbocycles. The van der Waals surface area contributed by atoms with Gasteiger partial charge in [0.25, 0.3) is 0 Å². The first-order valence-electron chi connectivity index (χ1n) is 7.49. The first-order valence-corrected chi connectivity index (χ1v) is 7.49. The highest BCUT2D eigenvalue weighted by Gasteiger charge is 2.15. The van der Waals surface area contributed by atoms with Gasteiger partial charge in [0.15, 0.2) is 11.5 Å². The summed E-state index contributed by atoms with van der Waals surface area (Å²) in [6.07, 6.45) is 0.680. The minimum atomic E-state index is -0.265. The lowest BCUT2D eigenvalue weighted by Crippen LogP contribution is -2.26. The molecular weight excluding hydrogens is 297 g/mol. The fourth-order valence-electron chi connectivity index (χ4n) is 2.53. The van der Waals surface area contributed by atoms with Crippen LogP contribution in [0.4, 0.5) is 4.39 Å². The summed E-state index contributed by atoms with van der Waals surface area (Å²) < 4.78 is 24.2. The van der Waals surface area contributed by atoms with Crippen LogP contribution in [-0.2, 0) is 17.8 Å². The average Bonchev–Trinajstić information content (AvgIpc) is 3.01. The summed E-state index contributed by atoms with van der Waals surface area (Å²) in [4.78, 5) is 13.9. The number of carbonyl (C=O) groups is 1. The Kier molecular flexibility index (Phi) is 4.46. The predicted molar refractivity (Wildman–Crippen MR) is 83.8 cm³/mol. The Morgan fingerprint density at radius 3 is 2.78 bits per heavy atom. The number of halogens is 1. The van der Waals surface area contributed by atoms with Crippen molar-refractivity contribution in [3.05, 3.63) is 59.4 Å². The van der Waals surface area contributed by atoms with Crippen LogP contribution in [-0.4, -0.2) is 24.6 Å². The van der Waals surface area contributed by atoms with Gasteiger partial charge in [-0.2, -0.15) is 0 Å². The summed E-state index contributed by atoms with van der Waals surface area (Å²) >= 11 is 0. The van der Waals surface area contributed by atoms with E-state index in [2.05, 4.69) is 0 Å². The Morgan fingerprint density at radius 2 is 1.96 bits per heavy atom. The molecule has 0 saturated heterocycles. The van der Waals surface area contributed by atoms with E-state index in [1.165, 1.54) is 6.07 Å². The van der Waals surface area contributed by atoms with Gasteiger partial charge in [-0.15, -0.1) is 0 Å². The number of rotatable bonds is 5. The smallest absolute Gasteiger partial charge is 0.231 e. The van der Waals surface area contributed by atoms with Crippen molar-refractivity contribution >= 4 is 5.91 Å². The van der Waals surface area contributed by atoms with Gasteiger partial charge in [-0.3, -0.25) is 4.79 Å². The van der Waals surface area contributed by atoms with E-state index >= 15 is 0 Å². The monoisotopic (exact) mass is 315 g/mol. The van der Waals surface area contributed by atoms with Gasteiger partial charge < -0.3 is 14.4 Å². The van der Waals surface area contributed by atoms with Gasteiger partial charge in [-0.25, -0.2) is 4.39 Å². The van der Waals surface area contributed by atoms with Crippen molar-refractivity contribution in [2.24, 2.45) is 0 Å². The van der Waals surface area contributed by atoms with E-state index in [0.29, 0.717) is 24.3 Å². The fraction of sp³-hybridized carbons (Fsp3) is 0.278. The van der Waals surface area contributed by atoms with Crippen molar-refractivity contribution in [2.75, 3.05) is 13.8 Å². The van der Waals surface area contributed by atoms with Crippen molar-refractivity contribution in [3.63, 3.8) is 0 Å². The normalized spacial score (nSPS) is 12.3. The average molecular weight is 315 g/mol. The second-order valence-electron chi connectivity index (χ2n) is 5.53. The quantitative estimate of drug-likeness (QED) is 0.851. The van der Waals surface area contributed by atoms with Crippen LogP contribution in [0.5, 0.6) is 11.5 Å². The summed E-state index contributed by atoms with van der Waals surface area (Å²) in [7, 11) is 1.74. The SMILES string of the molecule is CN(Cc1ccc2c(c1)OCO2)C(=O)CCc1ccccc1F. The van der Waals surface area contributed by atoms with Crippen molar-refractivity contribution in [1.82, 2.24) is 4.90 Å². The van der Waals surface area contributed by atoms with Gasteiger partial charge in [0.1, 0.15) is 5.82 Å². The Hall–Kier alpha value is -2.56. The van der Waals surface area contributed by atoms with Crippen LogP contribution in [0.1, 0.15) is 17.5 Å². The van der Waals surface area contributed by atoms with E-state index in [1.54, 1.807) is 30.1 Å². The maximum absolute atomic E-state index is 13.6. The van der Waals surface area contributed by atoms with E-state index in [9.17, 15) is 9.18 Å². The molecule has 1 aliphatic rings. The number of amides is 1. The minimum Gasteiger partial charge on any atom is -0.454 e. The lowest BCUT2D eigenvalue weighted by molar-refractivity contribution is -0.130. The number of carbonyl (C=O) groups excluding carboxylic acids is 1. The molecule has 0 aromatic heterocycles. The van der Waals surface area contributed by atoms with Gasteiger partial charge in [0.2, 0.25) is 12.7 Å². The van der Waals surface area contributed by atoms with Crippen LogP contribution in [0, 0.1) is 5.82 Å². The standard InChI is InChI=1S/C18H18FNO3/c1-20(11-13-6-8-16-17(10-13)23-12-22-16)18(21)9-7-14-4-2-3-5-15(14)19/h2-6,8,10H,7,9,11-12H2,1H3. The molecule has 3 rings (SSSR count). The number of benzene rings is 2. The second-order valence-corrected chi connectivity index (χ2v) is 5.53.